The molecule has 5 heteroatoms. The molecule has 0 aliphatic heterocycles. The van der Waals surface area contributed by atoms with E-state index >= 15 is 0 Å². The maximum Gasteiger partial charge on any atom is 0.123 e. The van der Waals surface area contributed by atoms with Crippen LogP contribution in [0.4, 0.5) is 0 Å². The summed E-state index contributed by atoms with van der Waals surface area (Å²) in [5.74, 6) is -0.0246. The van der Waals surface area contributed by atoms with Crippen LogP contribution in [0.15, 0.2) is 36.5 Å². The molecule has 1 heterocycles. The number of para-hydroxylation sites is 1. The molecule has 1 atom stereocenters. The van der Waals surface area contributed by atoms with Gasteiger partial charge in [-0.2, -0.15) is 0 Å². The van der Waals surface area contributed by atoms with E-state index in [0.717, 1.165) is 5.69 Å². The minimum atomic E-state index is -1.13. The molecular formula is C13H18N4O. The SMILES string of the molecule is CC(C)C(O)(CN)c1cnnn1-c1ccccc1. The summed E-state index contributed by atoms with van der Waals surface area (Å²) in [5, 5.41) is 18.6. The molecule has 1 unspecified atom stereocenters. The van der Waals surface area contributed by atoms with Crippen LogP contribution in [0.25, 0.3) is 5.69 Å². The fourth-order valence-corrected chi connectivity index (χ4v) is 1.93. The minimum Gasteiger partial charge on any atom is -0.382 e. The Hall–Kier alpha value is -1.72. The van der Waals surface area contributed by atoms with E-state index in [0.29, 0.717) is 5.69 Å². The van der Waals surface area contributed by atoms with Crippen LogP contribution in [0.2, 0.25) is 0 Å². The highest BCUT2D eigenvalue weighted by Crippen LogP contribution is 2.29. The Morgan fingerprint density at radius 2 is 2.00 bits per heavy atom. The van der Waals surface area contributed by atoms with Gasteiger partial charge in [0.15, 0.2) is 0 Å². The first-order chi connectivity index (χ1) is 8.59. The predicted octanol–water partition coefficient (Wildman–Crippen LogP) is 1.07. The molecule has 0 spiro atoms. The molecule has 0 fully saturated rings. The van der Waals surface area contributed by atoms with Crippen molar-refractivity contribution in [2.24, 2.45) is 11.7 Å². The van der Waals surface area contributed by atoms with Crippen molar-refractivity contribution in [2.45, 2.75) is 19.4 Å². The molecule has 0 saturated heterocycles. The van der Waals surface area contributed by atoms with Crippen LogP contribution in [-0.2, 0) is 5.60 Å². The summed E-state index contributed by atoms with van der Waals surface area (Å²) in [6.07, 6.45) is 1.57. The zero-order valence-corrected chi connectivity index (χ0v) is 10.6. The topological polar surface area (TPSA) is 77.0 Å². The predicted molar refractivity (Wildman–Crippen MR) is 69.1 cm³/mol. The number of hydrogen-bond acceptors (Lipinski definition) is 4. The number of nitrogens with two attached hydrogens (primary N) is 1. The van der Waals surface area contributed by atoms with Crippen LogP contribution in [0.1, 0.15) is 19.5 Å². The largest absolute Gasteiger partial charge is 0.382 e. The van der Waals surface area contributed by atoms with Crippen LogP contribution < -0.4 is 5.73 Å². The average molecular weight is 246 g/mol. The number of aromatic nitrogens is 3. The van der Waals surface area contributed by atoms with E-state index in [1.54, 1.807) is 10.9 Å². The van der Waals surface area contributed by atoms with Gasteiger partial charge in [0.25, 0.3) is 0 Å². The highest BCUT2D eigenvalue weighted by Gasteiger charge is 2.35. The summed E-state index contributed by atoms with van der Waals surface area (Å²) in [6.45, 7) is 3.98. The van der Waals surface area contributed by atoms with Gasteiger partial charge in [-0.1, -0.05) is 37.3 Å². The van der Waals surface area contributed by atoms with Crippen molar-refractivity contribution in [3.63, 3.8) is 0 Å². The third kappa shape index (κ3) is 2.02. The van der Waals surface area contributed by atoms with Gasteiger partial charge in [-0.05, 0) is 18.1 Å². The average Bonchev–Trinajstić information content (AvgIpc) is 2.88. The van der Waals surface area contributed by atoms with Crippen LogP contribution >= 0.6 is 0 Å². The van der Waals surface area contributed by atoms with Gasteiger partial charge in [0.1, 0.15) is 5.60 Å². The zero-order valence-electron chi connectivity index (χ0n) is 10.6. The van der Waals surface area contributed by atoms with Gasteiger partial charge < -0.3 is 10.8 Å². The van der Waals surface area contributed by atoms with Crippen molar-refractivity contribution >= 4 is 0 Å². The summed E-state index contributed by atoms with van der Waals surface area (Å²) < 4.78 is 1.63. The Balaban J connectivity index is 2.52. The second kappa shape index (κ2) is 4.88. The molecule has 0 saturated carbocycles. The quantitative estimate of drug-likeness (QED) is 0.846. The van der Waals surface area contributed by atoms with E-state index < -0.39 is 5.60 Å². The van der Waals surface area contributed by atoms with Gasteiger partial charge in [0.2, 0.25) is 0 Å². The molecule has 5 nitrogen and oxygen atoms in total. The van der Waals surface area contributed by atoms with E-state index in [1.165, 1.54) is 0 Å². The van der Waals surface area contributed by atoms with Crippen molar-refractivity contribution in [3.05, 3.63) is 42.2 Å². The highest BCUT2D eigenvalue weighted by atomic mass is 16.3. The molecule has 0 amide bonds. The highest BCUT2D eigenvalue weighted by molar-refractivity contribution is 5.33. The molecule has 0 aliphatic rings. The lowest BCUT2D eigenvalue weighted by molar-refractivity contribution is -0.00739. The molecule has 2 rings (SSSR count). The number of aliphatic hydroxyl groups is 1. The van der Waals surface area contributed by atoms with Gasteiger partial charge in [0, 0.05) is 6.54 Å². The normalized spacial score (nSPS) is 14.7. The minimum absolute atomic E-state index is 0.0246. The fourth-order valence-electron chi connectivity index (χ4n) is 1.93. The Morgan fingerprint density at radius 1 is 1.33 bits per heavy atom. The van der Waals surface area contributed by atoms with Gasteiger partial charge in [-0.25, -0.2) is 4.68 Å². The Labute approximate surface area is 106 Å². The van der Waals surface area contributed by atoms with Gasteiger partial charge in [-0.3, -0.25) is 0 Å². The summed E-state index contributed by atoms with van der Waals surface area (Å²) in [4.78, 5) is 0. The Kier molecular flexibility index (Phi) is 3.45. The first-order valence-electron chi connectivity index (χ1n) is 5.98. The van der Waals surface area contributed by atoms with Crippen LogP contribution in [0.5, 0.6) is 0 Å². The number of nitrogens with zero attached hydrogens (tertiary/aromatic N) is 3. The standard InChI is InChI=1S/C13H18N4O/c1-10(2)13(18,9-14)12-8-15-16-17(12)11-6-4-3-5-7-11/h3-8,10,18H,9,14H2,1-2H3. The third-order valence-electron chi connectivity index (χ3n) is 3.26. The van der Waals surface area contributed by atoms with E-state index in [-0.39, 0.29) is 12.5 Å². The molecule has 18 heavy (non-hydrogen) atoms. The van der Waals surface area contributed by atoms with E-state index in [2.05, 4.69) is 10.3 Å². The lowest BCUT2D eigenvalue weighted by atomic mass is 9.87. The Bertz CT molecular complexity index is 509. The second-order valence-corrected chi connectivity index (χ2v) is 4.65. The first kappa shape index (κ1) is 12.7. The summed E-state index contributed by atoms with van der Waals surface area (Å²) >= 11 is 0. The van der Waals surface area contributed by atoms with Crippen molar-refractivity contribution in [1.82, 2.24) is 15.0 Å². The van der Waals surface area contributed by atoms with Gasteiger partial charge in [-0.15, -0.1) is 5.10 Å². The third-order valence-corrected chi connectivity index (χ3v) is 3.26. The molecule has 1 aromatic heterocycles. The summed E-state index contributed by atoms with van der Waals surface area (Å²) in [7, 11) is 0. The van der Waals surface area contributed by atoms with Gasteiger partial charge in [0.05, 0.1) is 17.6 Å². The van der Waals surface area contributed by atoms with Crippen molar-refractivity contribution < 1.29 is 5.11 Å². The lowest BCUT2D eigenvalue weighted by Crippen LogP contribution is -2.41. The lowest BCUT2D eigenvalue weighted by Gasteiger charge is -2.30. The van der Waals surface area contributed by atoms with E-state index in [4.69, 9.17) is 5.73 Å². The smallest absolute Gasteiger partial charge is 0.123 e. The summed E-state index contributed by atoms with van der Waals surface area (Å²) in [6, 6.07) is 9.58. The molecule has 1 aromatic carbocycles. The zero-order chi connectivity index (χ0) is 13.2. The van der Waals surface area contributed by atoms with E-state index in [9.17, 15) is 5.11 Å². The first-order valence-corrected chi connectivity index (χ1v) is 5.98. The van der Waals surface area contributed by atoms with Crippen molar-refractivity contribution in [2.75, 3.05) is 6.54 Å². The summed E-state index contributed by atoms with van der Waals surface area (Å²) in [5.41, 5.74) is 6.08. The maximum absolute atomic E-state index is 10.7. The van der Waals surface area contributed by atoms with Crippen LogP contribution in [0.3, 0.4) is 0 Å². The van der Waals surface area contributed by atoms with Gasteiger partial charge >= 0.3 is 0 Å². The molecule has 96 valence electrons. The Morgan fingerprint density at radius 3 is 2.56 bits per heavy atom. The molecule has 2 aromatic rings. The molecule has 3 N–H and O–H groups in total. The maximum atomic E-state index is 10.7. The van der Waals surface area contributed by atoms with Crippen molar-refractivity contribution in [3.8, 4) is 5.69 Å². The van der Waals surface area contributed by atoms with Crippen molar-refractivity contribution in [1.29, 1.82) is 0 Å². The monoisotopic (exact) mass is 246 g/mol. The van der Waals surface area contributed by atoms with Crippen LogP contribution in [-0.4, -0.2) is 26.6 Å². The molecule has 0 aliphatic carbocycles. The van der Waals surface area contributed by atoms with Crippen LogP contribution in [0, 0.1) is 5.92 Å². The number of hydrogen-bond donors (Lipinski definition) is 2. The molecule has 0 radical (unpaired) electrons. The number of benzene rings is 1. The molecule has 0 bridgehead atoms. The number of rotatable bonds is 4. The second-order valence-electron chi connectivity index (χ2n) is 4.65. The fraction of sp³-hybridized carbons (Fsp3) is 0.385. The van der Waals surface area contributed by atoms with E-state index in [1.807, 2.05) is 44.2 Å². The molecular weight excluding hydrogens is 228 g/mol.